The standard InChI is InChI=1S/C36H51ClN2O9/c1-20-11-10-12-29(45-9)36(43)19-28(46-34(42)38-36)22(3)32-35(5,48-32)30(47-33(41)23(4)39(6)7)18-26(40)15-21(2)14-25-16-24(13-20)17-27(44-8)31(25)37/h10-12,16-17,21-23,28-30,32,43H,13-15,18-19H2,1-9H3,(H,38,42)/b12-10+,20-11+. The molecule has 2 N–H and O–H groups in total. The lowest BCUT2D eigenvalue weighted by Crippen LogP contribution is -2.63. The van der Waals surface area contributed by atoms with Crippen LogP contribution < -0.4 is 10.1 Å². The van der Waals surface area contributed by atoms with Gasteiger partial charge in [0.1, 0.15) is 41.5 Å². The first-order chi connectivity index (χ1) is 22.5. The van der Waals surface area contributed by atoms with Gasteiger partial charge in [0, 0.05) is 32.3 Å². The maximum Gasteiger partial charge on any atom is 0.409 e. The molecular formula is C36H51ClN2O9. The zero-order valence-electron chi connectivity index (χ0n) is 29.5. The predicted molar refractivity (Wildman–Crippen MR) is 181 cm³/mol. The number of ether oxygens (including phenoxy) is 5. The number of fused-ring (bicyclic) bond motifs is 5. The number of ketones is 1. The van der Waals surface area contributed by atoms with Gasteiger partial charge >= 0.3 is 12.1 Å². The van der Waals surface area contributed by atoms with Crippen molar-refractivity contribution < 1.29 is 43.2 Å². The molecule has 3 aliphatic rings. The van der Waals surface area contributed by atoms with E-state index in [-0.39, 0.29) is 31.0 Å². The van der Waals surface area contributed by atoms with Gasteiger partial charge in [-0.05, 0) is 70.8 Å². The number of hydrogen-bond donors (Lipinski definition) is 2. The van der Waals surface area contributed by atoms with Gasteiger partial charge in [0.15, 0.2) is 5.72 Å². The highest BCUT2D eigenvalue weighted by Crippen LogP contribution is 2.49. The number of esters is 1. The van der Waals surface area contributed by atoms with Crippen molar-refractivity contribution >= 4 is 29.4 Å². The van der Waals surface area contributed by atoms with Crippen molar-refractivity contribution in [3.8, 4) is 5.75 Å². The smallest absolute Gasteiger partial charge is 0.409 e. The second-order valence-corrected chi connectivity index (χ2v) is 14.5. The van der Waals surface area contributed by atoms with Crippen molar-refractivity contribution in [1.29, 1.82) is 0 Å². The fraction of sp³-hybridized carbons (Fsp3) is 0.639. The fourth-order valence-electron chi connectivity index (χ4n) is 6.74. The molecule has 266 valence electrons. The van der Waals surface area contributed by atoms with Crippen LogP contribution in [0.5, 0.6) is 5.75 Å². The van der Waals surface area contributed by atoms with Gasteiger partial charge in [0.05, 0.1) is 18.2 Å². The highest BCUT2D eigenvalue weighted by atomic mass is 35.5. The summed E-state index contributed by atoms with van der Waals surface area (Å²) in [6.07, 6.45) is 2.88. The molecule has 1 aromatic rings. The molecule has 11 nitrogen and oxygen atoms in total. The van der Waals surface area contributed by atoms with Crippen molar-refractivity contribution in [2.45, 2.75) is 109 Å². The third kappa shape index (κ3) is 8.60. The minimum absolute atomic E-state index is 0.00724. The first kappa shape index (κ1) is 37.9. The van der Waals surface area contributed by atoms with Crippen LogP contribution in [0.25, 0.3) is 0 Å². The summed E-state index contributed by atoms with van der Waals surface area (Å²) in [5, 5.41) is 14.7. The Labute approximate surface area is 288 Å². The van der Waals surface area contributed by atoms with Crippen LogP contribution >= 0.6 is 11.6 Å². The van der Waals surface area contributed by atoms with Gasteiger partial charge in [-0.25, -0.2) is 4.79 Å². The van der Waals surface area contributed by atoms with E-state index in [0.29, 0.717) is 23.6 Å². The van der Waals surface area contributed by atoms with Gasteiger partial charge in [-0.15, -0.1) is 0 Å². The summed E-state index contributed by atoms with van der Waals surface area (Å²) in [6, 6.07) is 3.38. The molecule has 2 saturated heterocycles. The topological polar surface area (TPSA) is 136 Å². The van der Waals surface area contributed by atoms with Gasteiger partial charge < -0.3 is 28.8 Å². The highest BCUT2D eigenvalue weighted by molar-refractivity contribution is 6.32. The zero-order chi connectivity index (χ0) is 35.6. The normalized spacial score (nSPS) is 35.5. The third-order valence-electron chi connectivity index (χ3n) is 9.88. The molecule has 4 rings (SSSR count). The number of amides is 1. The quantitative estimate of drug-likeness (QED) is 0.328. The van der Waals surface area contributed by atoms with Crippen LogP contribution in [-0.2, 0) is 41.4 Å². The van der Waals surface area contributed by atoms with Crippen molar-refractivity contribution in [3.05, 3.63) is 52.1 Å². The number of halogens is 1. The Hall–Kier alpha value is -2.96. The van der Waals surface area contributed by atoms with E-state index in [1.165, 1.54) is 7.11 Å². The molecule has 1 aliphatic carbocycles. The van der Waals surface area contributed by atoms with Crippen molar-refractivity contribution in [3.63, 3.8) is 0 Å². The summed E-state index contributed by atoms with van der Waals surface area (Å²) in [6.45, 7) is 9.38. The Morgan fingerprint density at radius 2 is 1.88 bits per heavy atom. The van der Waals surface area contributed by atoms with E-state index in [1.807, 2.05) is 39.0 Å². The minimum atomic E-state index is -1.77. The van der Waals surface area contributed by atoms with E-state index < -0.39 is 59.8 Å². The first-order valence-electron chi connectivity index (χ1n) is 16.5. The fourth-order valence-corrected chi connectivity index (χ4v) is 7.00. The lowest BCUT2D eigenvalue weighted by atomic mass is 9.83. The first-order valence-corrected chi connectivity index (χ1v) is 16.9. The lowest BCUT2D eigenvalue weighted by molar-refractivity contribution is -0.158. The summed E-state index contributed by atoms with van der Waals surface area (Å²) in [5.74, 6) is -0.494. The van der Waals surface area contributed by atoms with Gasteiger partial charge in [0.2, 0.25) is 0 Å². The second-order valence-electron chi connectivity index (χ2n) is 14.1. The van der Waals surface area contributed by atoms with E-state index in [0.717, 1.165) is 16.7 Å². The number of allylic oxidation sites excluding steroid dienone is 3. The maximum atomic E-state index is 13.6. The summed E-state index contributed by atoms with van der Waals surface area (Å²) in [4.78, 5) is 41.3. The van der Waals surface area contributed by atoms with Gasteiger partial charge in [-0.1, -0.05) is 55.3 Å². The number of likely N-dealkylation sites (N-methyl/N-ethyl adjacent to an activating group) is 1. The van der Waals surface area contributed by atoms with Crippen LogP contribution in [0.1, 0.15) is 65.0 Å². The van der Waals surface area contributed by atoms with Crippen LogP contribution in [0.3, 0.4) is 0 Å². The number of carbonyl (C=O) groups excluding carboxylic acids is 3. The number of nitrogens with one attached hydrogen (secondary N) is 1. The zero-order valence-corrected chi connectivity index (χ0v) is 30.3. The van der Waals surface area contributed by atoms with E-state index >= 15 is 0 Å². The van der Waals surface area contributed by atoms with E-state index in [1.54, 1.807) is 52.1 Å². The summed E-state index contributed by atoms with van der Waals surface area (Å²) < 4.78 is 29.1. The highest BCUT2D eigenvalue weighted by Gasteiger charge is 2.64. The van der Waals surface area contributed by atoms with Crippen molar-refractivity contribution in [2.75, 3.05) is 28.3 Å². The largest absolute Gasteiger partial charge is 0.495 e. The summed E-state index contributed by atoms with van der Waals surface area (Å²) >= 11 is 6.74. The SMILES string of the molecule is COc1cc2cc(c1Cl)CC(C)CC(=O)CC(OC(=O)C(C)N(C)C)C1(C)OC1C(C)C1CC(O)(NC(=O)O1)C(OC)/C=C/C=C(\C)C2. The molecule has 9 unspecified atom stereocenters. The minimum Gasteiger partial charge on any atom is -0.495 e. The van der Waals surface area contributed by atoms with Crippen molar-refractivity contribution in [2.24, 2.45) is 11.8 Å². The van der Waals surface area contributed by atoms with Crippen molar-refractivity contribution in [1.82, 2.24) is 10.2 Å². The average Bonchev–Trinajstić information content (AvgIpc) is 3.70. The molecule has 2 heterocycles. The van der Waals surface area contributed by atoms with Crippen LogP contribution in [0.15, 0.2) is 35.9 Å². The van der Waals surface area contributed by atoms with E-state index in [9.17, 15) is 19.5 Å². The number of alkyl carbamates (subject to hydrolysis) is 1. The van der Waals surface area contributed by atoms with E-state index in [2.05, 4.69) is 5.32 Å². The Balaban J connectivity index is 1.73. The van der Waals surface area contributed by atoms with Crippen LogP contribution in [0, 0.1) is 11.8 Å². The molecule has 2 aliphatic heterocycles. The maximum absolute atomic E-state index is 13.6. The number of benzene rings is 1. The molecule has 4 bridgehead atoms. The molecule has 12 heteroatoms. The molecule has 48 heavy (non-hydrogen) atoms. The monoisotopic (exact) mass is 690 g/mol. The number of carbonyl (C=O) groups is 3. The molecule has 0 aromatic heterocycles. The molecule has 0 spiro atoms. The Morgan fingerprint density at radius 1 is 1.17 bits per heavy atom. The number of epoxide rings is 1. The second kappa shape index (κ2) is 15.3. The van der Waals surface area contributed by atoms with Crippen LogP contribution in [-0.4, -0.2) is 98.0 Å². The molecule has 1 aromatic carbocycles. The Bertz CT molecular complexity index is 1430. The molecule has 9 atom stereocenters. The number of methoxy groups -OCH3 is 2. The van der Waals surface area contributed by atoms with Gasteiger partial charge in [-0.3, -0.25) is 19.8 Å². The molecule has 1 amide bonds. The number of rotatable bonds is 5. The third-order valence-corrected chi connectivity index (χ3v) is 10.3. The van der Waals surface area contributed by atoms with Crippen LogP contribution in [0.2, 0.25) is 5.02 Å². The number of hydrogen-bond acceptors (Lipinski definition) is 10. The van der Waals surface area contributed by atoms with Gasteiger partial charge in [0.25, 0.3) is 0 Å². The summed E-state index contributed by atoms with van der Waals surface area (Å²) in [7, 11) is 6.58. The Morgan fingerprint density at radius 3 is 2.52 bits per heavy atom. The Kier molecular flexibility index (Phi) is 12.1. The lowest BCUT2D eigenvalue weighted by Gasteiger charge is -2.42. The molecule has 0 saturated carbocycles. The molecule has 2 fully saturated rings. The molecule has 0 radical (unpaired) electrons. The van der Waals surface area contributed by atoms with Gasteiger partial charge in [-0.2, -0.15) is 0 Å². The number of aliphatic hydroxyl groups is 1. The number of nitrogens with zero attached hydrogens (tertiary/aromatic N) is 1. The molecular weight excluding hydrogens is 640 g/mol. The van der Waals surface area contributed by atoms with E-state index in [4.69, 9.17) is 35.3 Å². The predicted octanol–water partition coefficient (Wildman–Crippen LogP) is 4.79. The van der Waals surface area contributed by atoms with Crippen LogP contribution in [0.4, 0.5) is 4.79 Å². The summed E-state index contributed by atoms with van der Waals surface area (Å²) in [5.41, 5.74) is 0.0825. The average molecular weight is 691 g/mol. The number of Topliss-reactive ketones (excluding diaryl/α,β-unsaturated/α-hetero) is 1.